The van der Waals surface area contributed by atoms with Gasteiger partial charge in [-0.15, -0.1) is 0 Å². The van der Waals surface area contributed by atoms with Gasteiger partial charge in [-0.3, -0.25) is 4.79 Å². The minimum Gasteiger partial charge on any atom is -0.494 e. The zero-order chi connectivity index (χ0) is 13.1. The molecule has 0 amide bonds. The van der Waals surface area contributed by atoms with E-state index < -0.39 is 0 Å². The number of ketones is 1. The molecule has 0 aliphatic heterocycles. The van der Waals surface area contributed by atoms with Crippen molar-refractivity contribution in [2.75, 3.05) is 7.11 Å². The smallest absolute Gasteiger partial charge is 0.181 e. The molecule has 1 aromatic carbocycles. The first-order chi connectivity index (χ1) is 8.67. The predicted molar refractivity (Wildman–Crippen MR) is 72.5 cm³/mol. The zero-order valence-electron chi connectivity index (χ0n) is 10.4. The lowest BCUT2D eigenvalue weighted by molar-refractivity contribution is 0.0977. The Hall–Kier alpha value is -1.61. The highest BCUT2D eigenvalue weighted by Crippen LogP contribution is 2.29. The van der Waals surface area contributed by atoms with Crippen LogP contribution in [0.1, 0.15) is 30.3 Å². The predicted octanol–water partition coefficient (Wildman–Crippen LogP) is 3.88. The summed E-state index contributed by atoms with van der Waals surface area (Å²) in [5.74, 6) is 0.632. The monoisotopic (exact) mass is 263 g/mol. The summed E-state index contributed by atoms with van der Waals surface area (Å²) in [4.78, 5) is 16.2. The number of nitrogens with zero attached hydrogens (tertiary/aromatic N) is 1. The van der Waals surface area contributed by atoms with Crippen molar-refractivity contribution in [3.8, 4) is 5.75 Å². The number of para-hydroxylation sites is 1. The summed E-state index contributed by atoms with van der Waals surface area (Å²) < 4.78 is 5.24. The molecule has 0 aliphatic rings. The molecule has 0 N–H and O–H groups in total. The molecule has 2 rings (SSSR count). The number of hydrogen-bond donors (Lipinski definition) is 0. The largest absolute Gasteiger partial charge is 0.494 e. The van der Waals surface area contributed by atoms with Crippen molar-refractivity contribution in [1.29, 1.82) is 0 Å². The van der Waals surface area contributed by atoms with E-state index in [2.05, 4.69) is 4.98 Å². The summed E-state index contributed by atoms with van der Waals surface area (Å²) in [5.41, 5.74) is 1.03. The van der Waals surface area contributed by atoms with Crippen molar-refractivity contribution in [3.05, 3.63) is 35.0 Å². The fourth-order valence-electron chi connectivity index (χ4n) is 1.84. The van der Waals surface area contributed by atoms with Gasteiger partial charge in [0.25, 0.3) is 0 Å². The van der Waals surface area contributed by atoms with Gasteiger partial charge in [0.2, 0.25) is 0 Å². The molecule has 1 heterocycles. The fourth-order valence-corrected chi connectivity index (χ4v) is 2.10. The molecule has 0 bridgehead atoms. The van der Waals surface area contributed by atoms with E-state index in [0.717, 1.165) is 11.8 Å². The molecule has 2 aromatic rings. The third-order valence-electron chi connectivity index (χ3n) is 2.73. The Kier molecular flexibility index (Phi) is 3.82. The highest BCUT2D eigenvalue weighted by Gasteiger charge is 2.12. The average molecular weight is 264 g/mol. The topological polar surface area (TPSA) is 39.2 Å². The molecule has 1 aromatic heterocycles. The molecular weight excluding hydrogens is 250 g/mol. The Morgan fingerprint density at radius 3 is 2.89 bits per heavy atom. The molecule has 0 saturated heterocycles. The summed E-state index contributed by atoms with van der Waals surface area (Å²) in [6.07, 6.45) is 1.27. The maximum absolute atomic E-state index is 11.9. The van der Waals surface area contributed by atoms with Crippen molar-refractivity contribution in [1.82, 2.24) is 4.98 Å². The Bertz CT molecular complexity index is 596. The molecule has 94 valence electrons. The van der Waals surface area contributed by atoms with E-state index in [4.69, 9.17) is 16.3 Å². The Balaban J connectivity index is 2.63. The van der Waals surface area contributed by atoms with Crippen LogP contribution >= 0.6 is 11.6 Å². The van der Waals surface area contributed by atoms with Crippen LogP contribution in [0.25, 0.3) is 10.9 Å². The first-order valence-corrected chi connectivity index (χ1v) is 6.21. The lowest BCUT2D eigenvalue weighted by atomic mass is 10.1. The minimum atomic E-state index is 0.00667. The number of ether oxygens (including phenoxy) is 1. The van der Waals surface area contributed by atoms with Crippen LogP contribution < -0.4 is 4.74 Å². The summed E-state index contributed by atoms with van der Waals surface area (Å²) in [6, 6.07) is 7.14. The highest BCUT2D eigenvalue weighted by molar-refractivity contribution is 6.35. The molecule has 4 heteroatoms. The third-order valence-corrected chi connectivity index (χ3v) is 3.05. The number of Topliss-reactive ketones (excluding diaryl/α,β-unsaturated/α-hetero) is 1. The number of hydrogen-bond acceptors (Lipinski definition) is 3. The third kappa shape index (κ3) is 2.31. The van der Waals surface area contributed by atoms with Crippen molar-refractivity contribution < 1.29 is 9.53 Å². The van der Waals surface area contributed by atoms with Crippen LogP contribution in [0.2, 0.25) is 5.02 Å². The molecular formula is C14H14ClNO2. The fraction of sp³-hybridized carbons (Fsp3) is 0.286. The number of carbonyl (C=O) groups excluding carboxylic acids is 1. The number of aromatic nitrogens is 1. The molecule has 3 nitrogen and oxygen atoms in total. The molecule has 0 aliphatic carbocycles. The van der Waals surface area contributed by atoms with E-state index in [0.29, 0.717) is 28.4 Å². The normalized spacial score (nSPS) is 10.6. The van der Waals surface area contributed by atoms with E-state index in [1.165, 1.54) is 0 Å². The van der Waals surface area contributed by atoms with Crippen LogP contribution in [0, 0.1) is 0 Å². The minimum absolute atomic E-state index is 0.00667. The van der Waals surface area contributed by atoms with Gasteiger partial charge < -0.3 is 4.74 Å². The van der Waals surface area contributed by atoms with E-state index >= 15 is 0 Å². The number of rotatable bonds is 4. The number of benzene rings is 1. The maximum atomic E-state index is 11.9. The number of carbonyl (C=O) groups is 1. The highest BCUT2D eigenvalue weighted by atomic mass is 35.5. The maximum Gasteiger partial charge on any atom is 0.181 e. The van der Waals surface area contributed by atoms with E-state index in [-0.39, 0.29) is 5.78 Å². The quantitative estimate of drug-likeness (QED) is 0.786. The van der Waals surface area contributed by atoms with Crippen LogP contribution in [0.3, 0.4) is 0 Å². The molecule has 0 unspecified atom stereocenters. The van der Waals surface area contributed by atoms with E-state index in [1.807, 2.05) is 19.1 Å². The van der Waals surface area contributed by atoms with Gasteiger partial charge in [0.05, 0.1) is 12.1 Å². The first-order valence-electron chi connectivity index (χ1n) is 5.83. The zero-order valence-corrected chi connectivity index (χ0v) is 11.1. The van der Waals surface area contributed by atoms with Gasteiger partial charge in [0, 0.05) is 11.8 Å². The lowest BCUT2D eigenvalue weighted by Gasteiger charge is -2.08. The van der Waals surface area contributed by atoms with Crippen LogP contribution in [0.5, 0.6) is 5.75 Å². The standard InChI is InChI=1S/C14H14ClNO2/c1-3-5-12(17)11-8-10(15)9-6-4-7-13(18-2)14(9)16-11/h4,6-8H,3,5H2,1-2H3. The van der Waals surface area contributed by atoms with Gasteiger partial charge in [-0.1, -0.05) is 30.7 Å². The first kappa shape index (κ1) is 12.8. The van der Waals surface area contributed by atoms with Gasteiger partial charge in [0.1, 0.15) is 17.0 Å². The molecule has 0 spiro atoms. The van der Waals surface area contributed by atoms with Gasteiger partial charge >= 0.3 is 0 Å². The summed E-state index contributed by atoms with van der Waals surface area (Å²) in [5, 5.41) is 1.32. The van der Waals surface area contributed by atoms with Crippen LogP contribution in [0.15, 0.2) is 24.3 Å². The summed E-state index contributed by atoms with van der Waals surface area (Å²) in [7, 11) is 1.57. The average Bonchev–Trinajstić information content (AvgIpc) is 2.38. The molecule has 0 fully saturated rings. The second-order valence-corrected chi connectivity index (χ2v) is 4.43. The number of halogens is 1. The molecule has 0 saturated carbocycles. The second kappa shape index (κ2) is 5.36. The summed E-state index contributed by atoms with van der Waals surface area (Å²) in [6.45, 7) is 1.96. The Labute approximate surface area is 111 Å². The second-order valence-electron chi connectivity index (χ2n) is 4.02. The van der Waals surface area contributed by atoms with E-state index in [9.17, 15) is 4.79 Å². The van der Waals surface area contributed by atoms with Crippen molar-refractivity contribution in [2.45, 2.75) is 19.8 Å². The van der Waals surface area contributed by atoms with Crippen LogP contribution in [0.4, 0.5) is 0 Å². The van der Waals surface area contributed by atoms with Crippen molar-refractivity contribution >= 4 is 28.3 Å². The lowest BCUT2D eigenvalue weighted by Crippen LogP contribution is -2.02. The number of fused-ring (bicyclic) bond motifs is 1. The summed E-state index contributed by atoms with van der Waals surface area (Å²) >= 11 is 6.19. The number of pyridine rings is 1. The van der Waals surface area contributed by atoms with Crippen molar-refractivity contribution in [3.63, 3.8) is 0 Å². The Morgan fingerprint density at radius 1 is 1.44 bits per heavy atom. The molecule has 0 atom stereocenters. The van der Waals surface area contributed by atoms with Gasteiger partial charge in [-0.2, -0.15) is 0 Å². The van der Waals surface area contributed by atoms with E-state index in [1.54, 1.807) is 19.2 Å². The molecule has 18 heavy (non-hydrogen) atoms. The number of methoxy groups -OCH3 is 1. The van der Waals surface area contributed by atoms with Crippen LogP contribution in [-0.4, -0.2) is 17.9 Å². The van der Waals surface area contributed by atoms with Crippen molar-refractivity contribution in [2.24, 2.45) is 0 Å². The van der Waals surface area contributed by atoms with Crippen LogP contribution in [-0.2, 0) is 0 Å². The molecule has 0 radical (unpaired) electrons. The van der Waals surface area contributed by atoms with Gasteiger partial charge in [0.15, 0.2) is 5.78 Å². The Morgan fingerprint density at radius 2 is 2.22 bits per heavy atom. The SMILES string of the molecule is CCCC(=O)c1cc(Cl)c2cccc(OC)c2n1. The van der Waals surface area contributed by atoms with Gasteiger partial charge in [-0.25, -0.2) is 4.98 Å². The van der Waals surface area contributed by atoms with Gasteiger partial charge in [-0.05, 0) is 18.6 Å².